The van der Waals surface area contributed by atoms with Crippen LogP contribution in [0.1, 0.15) is 51.2 Å². The Morgan fingerprint density at radius 3 is 2.61 bits per heavy atom. The molecule has 0 N–H and O–H groups in total. The summed E-state index contributed by atoms with van der Waals surface area (Å²) in [6, 6.07) is 14.8. The number of hydrogen-bond acceptors (Lipinski definition) is 3. The van der Waals surface area contributed by atoms with E-state index in [1.165, 1.54) is 11.6 Å². The normalized spacial score (nSPS) is 21.2. The van der Waals surface area contributed by atoms with Gasteiger partial charge in [-0.25, -0.2) is 4.39 Å². The lowest BCUT2D eigenvalue weighted by Crippen LogP contribution is -2.43. The van der Waals surface area contributed by atoms with E-state index in [9.17, 15) is 9.18 Å². The van der Waals surface area contributed by atoms with Gasteiger partial charge in [-0.15, -0.1) is 0 Å². The molecular weight excluding hydrogens is 393 g/mol. The minimum Gasteiger partial charge on any atom is -0.496 e. The molecule has 31 heavy (non-hydrogen) atoms. The third-order valence-electron chi connectivity index (χ3n) is 6.55. The zero-order valence-corrected chi connectivity index (χ0v) is 19.1. The molecule has 1 saturated heterocycles. The molecule has 4 nitrogen and oxygen atoms in total. The number of benzene rings is 2. The van der Waals surface area contributed by atoms with Gasteiger partial charge in [0, 0.05) is 43.2 Å². The molecule has 0 aliphatic carbocycles. The van der Waals surface area contributed by atoms with E-state index in [1.807, 2.05) is 18.2 Å². The molecule has 0 radical (unpaired) electrons. The standard InChI is InChI=1S/C26H34FNO3/c1-19(2)25-17-26(14-16-31-25,22-10-6-8-12-24(22)30-4)13-15-28(20(3)29)18-21-9-5-7-11-23(21)27/h5-12,19,25H,13-18H2,1-4H3/t25-,26+/m0/s1. The van der Waals surface area contributed by atoms with Crippen LogP contribution in [0, 0.1) is 11.7 Å². The molecule has 2 aromatic rings. The molecule has 0 bridgehead atoms. The molecule has 5 heteroatoms. The Hall–Kier alpha value is -2.40. The maximum absolute atomic E-state index is 14.2. The number of halogens is 1. The zero-order chi connectivity index (χ0) is 22.4. The Kier molecular flexibility index (Phi) is 7.71. The lowest BCUT2D eigenvalue weighted by Gasteiger charge is -2.44. The van der Waals surface area contributed by atoms with Crippen LogP contribution in [0.15, 0.2) is 48.5 Å². The largest absolute Gasteiger partial charge is 0.496 e. The minimum absolute atomic E-state index is 0.0501. The highest BCUT2D eigenvalue weighted by atomic mass is 19.1. The van der Waals surface area contributed by atoms with Gasteiger partial charge in [0.25, 0.3) is 0 Å². The number of carbonyl (C=O) groups excluding carboxylic acids is 1. The van der Waals surface area contributed by atoms with Gasteiger partial charge in [0.1, 0.15) is 11.6 Å². The number of carbonyl (C=O) groups is 1. The van der Waals surface area contributed by atoms with Gasteiger partial charge in [0.2, 0.25) is 5.91 Å². The minimum atomic E-state index is -0.279. The van der Waals surface area contributed by atoms with Crippen molar-refractivity contribution in [2.24, 2.45) is 5.92 Å². The molecule has 0 aromatic heterocycles. The summed E-state index contributed by atoms with van der Waals surface area (Å²) in [5.41, 5.74) is 1.54. The van der Waals surface area contributed by atoms with Crippen molar-refractivity contribution in [3.8, 4) is 5.75 Å². The van der Waals surface area contributed by atoms with Gasteiger partial charge < -0.3 is 14.4 Å². The summed E-state index contributed by atoms with van der Waals surface area (Å²) in [6.45, 7) is 7.42. The van der Waals surface area contributed by atoms with E-state index in [0.29, 0.717) is 24.6 Å². The van der Waals surface area contributed by atoms with Crippen molar-refractivity contribution in [2.75, 3.05) is 20.3 Å². The van der Waals surface area contributed by atoms with Crippen molar-refractivity contribution in [1.82, 2.24) is 4.90 Å². The first-order valence-electron chi connectivity index (χ1n) is 11.1. The Bertz CT molecular complexity index is 884. The van der Waals surface area contributed by atoms with Crippen LogP contribution in [0.25, 0.3) is 0 Å². The molecule has 1 aliphatic rings. The Labute approximate surface area is 185 Å². The van der Waals surface area contributed by atoms with Crippen LogP contribution in [0.4, 0.5) is 4.39 Å². The van der Waals surface area contributed by atoms with Crippen molar-refractivity contribution in [2.45, 2.75) is 58.1 Å². The van der Waals surface area contributed by atoms with Crippen LogP contribution >= 0.6 is 0 Å². The lowest BCUT2D eigenvalue weighted by atomic mass is 9.68. The molecule has 0 unspecified atom stereocenters. The summed E-state index contributed by atoms with van der Waals surface area (Å²) in [7, 11) is 1.70. The van der Waals surface area contributed by atoms with Crippen LogP contribution in [-0.4, -0.2) is 37.2 Å². The molecular formula is C26H34FNO3. The highest BCUT2D eigenvalue weighted by Gasteiger charge is 2.41. The Morgan fingerprint density at radius 2 is 1.94 bits per heavy atom. The molecule has 0 saturated carbocycles. The van der Waals surface area contributed by atoms with Gasteiger partial charge in [-0.2, -0.15) is 0 Å². The molecule has 168 valence electrons. The van der Waals surface area contributed by atoms with E-state index in [4.69, 9.17) is 9.47 Å². The van der Waals surface area contributed by atoms with Crippen molar-refractivity contribution in [1.29, 1.82) is 0 Å². The van der Waals surface area contributed by atoms with Crippen LogP contribution in [0.3, 0.4) is 0 Å². The van der Waals surface area contributed by atoms with Gasteiger partial charge in [-0.1, -0.05) is 50.2 Å². The van der Waals surface area contributed by atoms with Crippen LogP contribution in [0.5, 0.6) is 5.75 Å². The van der Waals surface area contributed by atoms with Gasteiger partial charge in [0.05, 0.1) is 13.2 Å². The third-order valence-corrected chi connectivity index (χ3v) is 6.55. The summed E-state index contributed by atoms with van der Waals surface area (Å²) in [4.78, 5) is 14.2. The SMILES string of the molecule is COc1ccccc1[C@]1(CCN(Cc2ccccc2F)C(C)=O)CCO[C@H](C(C)C)C1. The van der Waals surface area contributed by atoms with E-state index >= 15 is 0 Å². The molecule has 3 rings (SSSR count). The topological polar surface area (TPSA) is 38.8 Å². The smallest absolute Gasteiger partial charge is 0.219 e. The summed E-state index contributed by atoms with van der Waals surface area (Å²) >= 11 is 0. The second kappa shape index (κ2) is 10.3. The predicted molar refractivity (Wildman–Crippen MR) is 121 cm³/mol. The van der Waals surface area contributed by atoms with E-state index in [1.54, 1.807) is 37.1 Å². The van der Waals surface area contributed by atoms with Crippen molar-refractivity contribution in [3.63, 3.8) is 0 Å². The van der Waals surface area contributed by atoms with Gasteiger partial charge >= 0.3 is 0 Å². The third kappa shape index (κ3) is 5.45. The average Bonchev–Trinajstić information content (AvgIpc) is 2.77. The van der Waals surface area contributed by atoms with E-state index < -0.39 is 0 Å². The second-order valence-electron chi connectivity index (χ2n) is 8.87. The molecule has 1 amide bonds. The summed E-state index contributed by atoms with van der Waals surface area (Å²) < 4.78 is 26.0. The number of para-hydroxylation sites is 1. The maximum Gasteiger partial charge on any atom is 0.219 e. The number of nitrogens with zero attached hydrogens (tertiary/aromatic N) is 1. The fourth-order valence-corrected chi connectivity index (χ4v) is 4.60. The summed E-state index contributed by atoms with van der Waals surface area (Å²) in [6.07, 6.45) is 2.66. The number of rotatable bonds is 8. The first-order valence-corrected chi connectivity index (χ1v) is 11.1. The number of ether oxygens (including phenoxy) is 2. The molecule has 0 spiro atoms. The Balaban J connectivity index is 1.89. The quantitative estimate of drug-likeness (QED) is 0.570. The number of amides is 1. The van der Waals surface area contributed by atoms with E-state index in [0.717, 1.165) is 25.0 Å². The van der Waals surface area contributed by atoms with Crippen LogP contribution in [-0.2, 0) is 21.5 Å². The number of hydrogen-bond donors (Lipinski definition) is 0. The van der Waals surface area contributed by atoms with Crippen molar-refractivity contribution >= 4 is 5.91 Å². The summed E-state index contributed by atoms with van der Waals surface area (Å²) in [5, 5.41) is 0. The van der Waals surface area contributed by atoms with Gasteiger partial charge in [-0.3, -0.25) is 4.79 Å². The predicted octanol–water partition coefficient (Wildman–Crippen LogP) is 5.35. The maximum atomic E-state index is 14.2. The molecule has 2 atom stereocenters. The highest BCUT2D eigenvalue weighted by molar-refractivity contribution is 5.73. The van der Waals surface area contributed by atoms with E-state index in [-0.39, 0.29) is 29.8 Å². The first-order chi connectivity index (χ1) is 14.9. The van der Waals surface area contributed by atoms with E-state index in [2.05, 4.69) is 19.9 Å². The van der Waals surface area contributed by atoms with Crippen LogP contribution < -0.4 is 4.74 Å². The highest BCUT2D eigenvalue weighted by Crippen LogP contribution is 2.45. The van der Waals surface area contributed by atoms with Gasteiger partial charge in [0.15, 0.2) is 0 Å². The van der Waals surface area contributed by atoms with Gasteiger partial charge in [-0.05, 0) is 37.3 Å². The Morgan fingerprint density at radius 1 is 1.23 bits per heavy atom. The monoisotopic (exact) mass is 427 g/mol. The first kappa shape index (κ1) is 23.3. The molecule has 1 fully saturated rings. The lowest BCUT2D eigenvalue weighted by molar-refractivity contribution is -0.130. The zero-order valence-electron chi connectivity index (χ0n) is 19.1. The number of methoxy groups -OCH3 is 1. The fraction of sp³-hybridized carbons (Fsp3) is 0.500. The van der Waals surface area contributed by atoms with Crippen LogP contribution in [0.2, 0.25) is 0 Å². The second-order valence-corrected chi connectivity index (χ2v) is 8.87. The molecule has 1 aliphatic heterocycles. The van der Waals surface area contributed by atoms with Crippen molar-refractivity contribution < 1.29 is 18.7 Å². The van der Waals surface area contributed by atoms with Crippen molar-refractivity contribution in [3.05, 3.63) is 65.5 Å². The fourth-order valence-electron chi connectivity index (χ4n) is 4.60. The molecule has 1 heterocycles. The molecule has 2 aromatic carbocycles. The average molecular weight is 428 g/mol. The summed E-state index contributed by atoms with van der Waals surface area (Å²) in [5.74, 6) is 0.942.